The summed E-state index contributed by atoms with van der Waals surface area (Å²) >= 11 is 1.00. The van der Waals surface area contributed by atoms with Crippen molar-refractivity contribution < 1.29 is 14.7 Å². The second-order valence-electron chi connectivity index (χ2n) is 6.86. The number of nitrogen functional groups attached to an aromatic ring is 1. The van der Waals surface area contributed by atoms with E-state index in [1.54, 1.807) is 29.8 Å². The third-order valence-electron chi connectivity index (χ3n) is 4.92. The number of carbonyl (C=O) groups excluding carboxylic acids is 1. The van der Waals surface area contributed by atoms with Gasteiger partial charge in [-0.15, -0.1) is 11.3 Å². The van der Waals surface area contributed by atoms with Gasteiger partial charge in [0.2, 0.25) is 5.78 Å². The van der Waals surface area contributed by atoms with E-state index in [1.807, 2.05) is 36.4 Å². The number of benzene rings is 2. The van der Waals surface area contributed by atoms with Gasteiger partial charge in [0.05, 0.1) is 40.1 Å². The molecule has 0 radical (unpaired) electrons. The summed E-state index contributed by atoms with van der Waals surface area (Å²) in [5.74, 6) is -1.47. The van der Waals surface area contributed by atoms with Crippen LogP contribution in [0.1, 0.15) is 36.9 Å². The molecule has 4 rings (SSSR count). The maximum absolute atomic E-state index is 13.3. The van der Waals surface area contributed by atoms with Gasteiger partial charge in [0.25, 0.3) is 0 Å². The van der Waals surface area contributed by atoms with Gasteiger partial charge in [0.1, 0.15) is 21.5 Å². The average molecular weight is 443 g/mol. The monoisotopic (exact) mass is 443 g/mol. The van der Waals surface area contributed by atoms with Crippen LogP contribution in [0, 0.1) is 18.3 Å². The molecule has 0 fully saturated rings. The summed E-state index contributed by atoms with van der Waals surface area (Å²) in [6.45, 7) is 1.78. The van der Waals surface area contributed by atoms with Crippen molar-refractivity contribution in [3.8, 4) is 11.8 Å². The number of ketones is 1. The number of para-hydroxylation sites is 2. The van der Waals surface area contributed by atoms with Crippen molar-refractivity contribution in [3.63, 3.8) is 0 Å². The van der Waals surface area contributed by atoms with E-state index in [1.165, 1.54) is 12.3 Å². The predicted octanol–water partition coefficient (Wildman–Crippen LogP) is 4.37. The number of aromatic nitrogens is 2. The fraction of sp³-hybridized carbons (Fsp3) is 0.0435. The van der Waals surface area contributed by atoms with Gasteiger partial charge < -0.3 is 16.2 Å². The molecule has 0 saturated carbocycles. The van der Waals surface area contributed by atoms with E-state index in [2.05, 4.69) is 10.4 Å². The minimum Gasteiger partial charge on any atom is -0.478 e. The van der Waals surface area contributed by atoms with Crippen molar-refractivity contribution in [1.29, 1.82) is 5.26 Å². The predicted molar refractivity (Wildman–Crippen MR) is 122 cm³/mol. The Hall–Kier alpha value is -4.42. The molecule has 9 heteroatoms. The molecule has 158 valence electrons. The first-order valence-corrected chi connectivity index (χ1v) is 10.3. The lowest BCUT2D eigenvalue weighted by Crippen LogP contribution is -2.05. The number of thiophene rings is 1. The Morgan fingerprint density at radius 2 is 1.81 bits per heavy atom. The van der Waals surface area contributed by atoms with Crippen molar-refractivity contribution in [1.82, 2.24) is 9.78 Å². The van der Waals surface area contributed by atoms with Crippen LogP contribution in [0.4, 0.5) is 16.4 Å². The van der Waals surface area contributed by atoms with Gasteiger partial charge in [0, 0.05) is 0 Å². The summed E-state index contributed by atoms with van der Waals surface area (Å²) in [5, 5.41) is 26.6. The van der Waals surface area contributed by atoms with Gasteiger partial charge >= 0.3 is 5.97 Å². The number of nitrogens with one attached hydrogen (secondary N) is 1. The van der Waals surface area contributed by atoms with E-state index >= 15 is 0 Å². The Morgan fingerprint density at radius 1 is 1.12 bits per heavy atom. The maximum atomic E-state index is 13.3. The Morgan fingerprint density at radius 3 is 2.50 bits per heavy atom. The normalized spacial score (nSPS) is 10.5. The van der Waals surface area contributed by atoms with Crippen LogP contribution in [0.25, 0.3) is 5.69 Å². The molecule has 32 heavy (non-hydrogen) atoms. The number of rotatable bonds is 6. The van der Waals surface area contributed by atoms with Crippen LogP contribution in [0.2, 0.25) is 0 Å². The summed E-state index contributed by atoms with van der Waals surface area (Å²) in [5.41, 5.74) is 8.44. The first kappa shape index (κ1) is 20.8. The smallest absolute Gasteiger partial charge is 0.337 e. The highest BCUT2D eigenvalue weighted by atomic mass is 32.1. The molecule has 0 unspecified atom stereocenters. The van der Waals surface area contributed by atoms with Crippen LogP contribution >= 0.6 is 11.3 Å². The van der Waals surface area contributed by atoms with Crippen LogP contribution in [0.5, 0.6) is 0 Å². The molecule has 4 aromatic rings. The molecule has 2 aromatic carbocycles. The highest BCUT2D eigenvalue weighted by Crippen LogP contribution is 2.39. The molecule has 0 amide bonds. The molecule has 0 aliphatic rings. The van der Waals surface area contributed by atoms with Crippen molar-refractivity contribution >= 4 is 39.5 Å². The Balaban J connectivity index is 1.73. The van der Waals surface area contributed by atoms with E-state index in [0.717, 1.165) is 17.0 Å². The molecule has 0 bridgehead atoms. The minimum atomic E-state index is -1.11. The minimum absolute atomic E-state index is 0.0382. The lowest BCUT2D eigenvalue weighted by atomic mass is 10.1. The second kappa shape index (κ2) is 8.37. The first-order valence-electron chi connectivity index (χ1n) is 9.48. The number of carboxylic acid groups (broad SMARTS) is 1. The number of hydrogen-bond acceptors (Lipinski definition) is 7. The molecule has 0 spiro atoms. The van der Waals surface area contributed by atoms with Crippen molar-refractivity contribution in [2.75, 3.05) is 11.1 Å². The second-order valence-corrected chi connectivity index (χ2v) is 7.88. The number of nitrogens with zero attached hydrogens (tertiary/aromatic N) is 3. The Bertz CT molecular complexity index is 1380. The van der Waals surface area contributed by atoms with Crippen molar-refractivity contribution in [2.45, 2.75) is 6.92 Å². The third-order valence-corrected chi connectivity index (χ3v) is 6.04. The third kappa shape index (κ3) is 3.59. The molecule has 2 heterocycles. The molecule has 0 atom stereocenters. The van der Waals surface area contributed by atoms with Gasteiger partial charge in [0.15, 0.2) is 0 Å². The zero-order valence-electron chi connectivity index (χ0n) is 16.9. The van der Waals surface area contributed by atoms with Gasteiger partial charge in [-0.1, -0.05) is 30.3 Å². The van der Waals surface area contributed by atoms with Gasteiger partial charge in [-0.2, -0.15) is 10.4 Å². The van der Waals surface area contributed by atoms with Crippen LogP contribution in [-0.2, 0) is 0 Å². The maximum Gasteiger partial charge on any atom is 0.337 e. The Labute approximate surface area is 187 Å². The highest BCUT2D eigenvalue weighted by molar-refractivity contribution is 7.19. The fourth-order valence-electron chi connectivity index (χ4n) is 3.30. The number of nitriles is 1. The van der Waals surface area contributed by atoms with Crippen LogP contribution in [0.15, 0.2) is 60.8 Å². The zero-order chi connectivity index (χ0) is 22.8. The van der Waals surface area contributed by atoms with Crippen molar-refractivity contribution in [2.24, 2.45) is 0 Å². The lowest BCUT2D eigenvalue weighted by molar-refractivity contribution is 0.0697. The number of anilines is 3. The highest BCUT2D eigenvalue weighted by Gasteiger charge is 2.26. The molecule has 2 aromatic heterocycles. The summed E-state index contributed by atoms with van der Waals surface area (Å²) in [6.07, 6.45) is 1.47. The molecule has 0 aliphatic heterocycles. The lowest BCUT2D eigenvalue weighted by Gasteiger charge is -2.07. The number of hydrogen-bond donors (Lipinski definition) is 3. The number of nitrogens with two attached hydrogens (primary N) is 1. The zero-order valence-corrected chi connectivity index (χ0v) is 17.7. The Kier molecular flexibility index (Phi) is 5.45. The molecule has 0 aliphatic carbocycles. The average Bonchev–Trinajstić information content (AvgIpc) is 3.33. The van der Waals surface area contributed by atoms with Gasteiger partial charge in [-0.25, -0.2) is 9.48 Å². The quantitative estimate of drug-likeness (QED) is 0.377. The van der Waals surface area contributed by atoms with E-state index < -0.39 is 5.97 Å². The van der Waals surface area contributed by atoms with E-state index in [9.17, 15) is 20.0 Å². The summed E-state index contributed by atoms with van der Waals surface area (Å²) in [4.78, 5) is 25.0. The molecular formula is C23H17N5O3S. The summed E-state index contributed by atoms with van der Waals surface area (Å²) in [7, 11) is 0. The summed E-state index contributed by atoms with van der Waals surface area (Å²) < 4.78 is 1.66. The van der Waals surface area contributed by atoms with Gasteiger partial charge in [-0.05, 0) is 31.2 Å². The van der Waals surface area contributed by atoms with Crippen LogP contribution in [-0.4, -0.2) is 26.6 Å². The first-order chi connectivity index (χ1) is 15.4. The van der Waals surface area contributed by atoms with Crippen LogP contribution in [0.3, 0.4) is 0 Å². The SMILES string of the molecule is Cc1c(C(=O)c2sc(Nc3ccccc3C(=O)O)c(C#N)c2N)cnn1-c1ccccc1. The van der Waals surface area contributed by atoms with E-state index in [-0.39, 0.29) is 27.5 Å². The van der Waals surface area contributed by atoms with E-state index in [4.69, 9.17) is 5.73 Å². The topological polar surface area (TPSA) is 134 Å². The number of carboxylic acids is 1. The van der Waals surface area contributed by atoms with E-state index in [0.29, 0.717) is 21.9 Å². The number of aromatic carboxylic acids is 1. The standard InChI is InChI=1S/C23H17N5O3S/c1-13-17(12-26-28(13)14-7-3-2-4-8-14)20(29)21-19(25)16(11-24)22(32-21)27-18-10-6-5-9-15(18)23(30)31/h2-10,12,27H,25H2,1H3,(H,30,31). The van der Waals surface area contributed by atoms with Gasteiger partial charge in [-0.3, -0.25) is 4.79 Å². The molecule has 8 nitrogen and oxygen atoms in total. The summed E-state index contributed by atoms with van der Waals surface area (Å²) in [6, 6.07) is 17.7. The van der Waals surface area contributed by atoms with Crippen molar-refractivity contribution in [3.05, 3.63) is 88.1 Å². The van der Waals surface area contributed by atoms with Crippen LogP contribution < -0.4 is 11.1 Å². The molecular weight excluding hydrogens is 426 g/mol. The number of carbonyl (C=O) groups is 2. The molecule has 4 N–H and O–H groups in total. The largest absolute Gasteiger partial charge is 0.478 e. The molecule has 0 saturated heterocycles. The fourth-order valence-corrected chi connectivity index (χ4v) is 4.33.